The predicted octanol–water partition coefficient (Wildman–Crippen LogP) is 4.18. The van der Waals surface area contributed by atoms with Crippen LogP contribution in [0.15, 0.2) is 36.4 Å². The number of nitro groups is 1. The number of nitrogens with zero attached hydrogens (tertiary/aromatic N) is 1. The van der Waals surface area contributed by atoms with Crippen molar-refractivity contribution in [3.63, 3.8) is 0 Å². The zero-order valence-corrected chi connectivity index (χ0v) is 12.5. The molecule has 98 valence electrons. The number of nitrogens with one attached hydrogen (secondary N) is 1. The van der Waals surface area contributed by atoms with Crippen molar-refractivity contribution < 1.29 is 4.92 Å². The molecule has 0 bridgehead atoms. The number of rotatable bonds is 3. The lowest BCUT2D eigenvalue weighted by Gasteiger charge is -2.09. The van der Waals surface area contributed by atoms with Gasteiger partial charge in [0.15, 0.2) is 0 Å². The monoisotopic (exact) mass is 389 g/mol. The lowest BCUT2D eigenvalue weighted by molar-refractivity contribution is -0.384. The average molecular weight is 390 g/mol. The summed E-state index contributed by atoms with van der Waals surface area (Å²) in [6.07, 6.45) is 0. The molecule has 0 saturated heterocycles. The number of nitrogens with two attached hydrogens (primary N) is 1. The van der Waals surface area contributed by atoms with E-state index in [-0.39, 0.29) is 5.69 Å². The van der Waals surface area contributed by atoms with E-state index in [1.54, 1.807) is 18.2 Å². The second-order valence-corrected chi connectivity index (χ2v) is 5.47. The molecule has 3 N–H and O–H groups in total. The van der Waals surface area contributed by atoms with Crippen molar-refractivity contribution >= 4 is 56.9 Å². The fraction of sp³-hybridized carbons (Fsp3) is 0. The van der Waals surface area contributed by atoms with Crippen molar-refractivity contribution in [1.82, 2.24) is 0 Å². The van der Waals surface area contributed by atoms with Gasteiger partial charge in [0.25, 0.3) is 5.69 Å². The first-order valence-corrected chi connectivity index (χ1v) is 6.68. The number of halogens is 2. The highest BCUT2D eigenvalue weighted by atomic mass is 127. The van der Waals surface area contributed by atoms with Crippen LogP contribution in [0, 0.1) is 13.7 Å². The van der Waals surface area contributed by atoms with Crippen LogP contribution in [0.5, 0.6) is 0 Å². The molecule has 0 saturated carbocycles. The topological polar surface area (TPSA) is 81.2 Å². The lowest BCUT2D eigenvalue weighted by Crippen LogP contribution is -1.96. The Hall–Kier alpha value is -1.54. The van der Waals surface area contributed by atoms with Gasteiger partial charge in [0.05, 0.1) is 15.6 Å². The van der Waals surface area contributed by atoms with Crippen LogP contribution in [-0.2, 0) is 0 Å². The van der Waals surface area contributed by atoms with Gasteiger partial charge in [0.1, 0.15) is 0 Å². The number of hydrogen-bond acceptors (Lipinski definition) is 4. The van der Waals surface area contributed by atoms with Gasteiger partial charge < -0.3 is 11.1 Å². The van der Waals surface area contributed by atoms with Crippen LogP contribution in [0.2, 0.25) is 5.02 Å². The summed E-state index contributed by atoms with van der Waals surface area (Å²) < 4.78 is 1.01. The predicted molar refractivity (Wildman–Crippen MR) is 85.0 cm³/mol. The molecule has 2 aromatic carbocycles. The van der Waals surface area contributed by atoms with Gasteiger partial charge in [0, 0.05) is 27.1 Å². The third kappa shape index (κ3) is 3.48. The van der Waals surface area contributed by atoms with E-state index in [9.17, 15) is 10.1 Å². The van der Waals surface area contributed by atoms with Gasteiger partial charge in [0.2, 0.25) is 0 Å². The van der Waals surface area contributed by atoms with Crippen LogP contribution in [0.4, 0.5) is 22.7 Å². The molecule has 19 heavy (non-hydrogen) atoms. The molecule has 2 rings (SSSR count). The average Bonchev–Trinajstić information content (AvgIpc) is 2.32. The zero-order chi connectivity index (χ0) is 14.0. The molecule has 0 unspecified atom stereocenters. The Bertz CT molecular complexity index is 649. The van der Waals surface area contributed by atoms with Crippen molar-refractivity contribution in [2.24, 2.45) is 0 Å². The molecule has 0 amide bonds. The molecule has 0 aliphatic heterocycles. The summed E-state index contributed by atoms with van der Waals surface area (Å²) in [6.45, 7) is 0. The molecule has 0 atom stereocenters. The molecule has 0 fully saturated rings. The van der Waals surface area contributed by atoms with Gasteiger partial charge in [-0.2, -0.15) is 0 Å². The maximum atomic E-state index is 10.8. The summed E-state index contributed by atoms with van der Waals surface area (Å²) in [5, 5.41) is 14.3. The van der Waals surface area contributed by atoms with E-state index in [0.717, 1.165) is 3.57 Å². The van der Waals surface area contributed by atoms with E-state index in [4.69, 9.17) is 17.3 Å². The SMILES string of the molecule is Nc1cc(Nc2ccc(I)cc2Cl)cc([N+](=O)[O-])c1. The van der Waals surface area contributed by atoms with Gasteiger partial charge in [-0.1, -0.05) is 11.6 Å². The Morgan fingerprint density at radius 2 is 2.00 bits per heavy atom. The van der Waals surface area contributed by atoms with Crippen LogP contribution in [-0.4, -0.2) is 4.92 Å². The summed E-state index contributed by atoms with van der Waals surface area (Å²) in [5.74, 6) is 0. The first kappa shape index (κ1) is 13.9. The standard InChI is InChI=1S/C12H9ClIN3O2/c13-11-3-7(14)1-2-12(11)16-9-4-8(15)5-10(6-9)17(18)19/h1-6,16H,15H2. The molecule has 7 heteroatoms. The summed E-state index contributed by atoms with van der Waals surface area (Å²) in [5.41, 5.74) is 7.08. The van der Waals surface area contributed by atoms with Crippen molar-refractivity contribution in [1.29, 1.82) is 0 Å². The Morgan fingerprint density at radius 3 is 2.63 bits per heavy atom. The van der Waals surface area contributed by atoms with Gasteiger partial charge in [-0.25, -0.2) is 0 Å². The third-order valence-corrected chi connectivity index (χ3v) is 3.34. The van der Waals surface area contributed by atoms with Gasteiger partial charge in [-0.3, -0.25) is 10.1 Å². The number of nitro benzene ring substituents is 1. The highest BCUT2D eigenvalue weighted by Crippen LogP contribution is 2.30. The van der Waals surface area contributed by atoms with Crippen molar-refractivity contribution in [2.45, 2.75) is 0 Å². The molecule has 0 aliphatic rings. The minimum Gasteiger partial charge on any atom is -0.398 e. The lowest BCUT2D eigenvalue weighted by atomic mass is 10.2. The highest BCUT2D eigenvalue weighted by Gasteiger charge is 2.09. The first-order valence-electron chi connectivity index (χ1n) is 5.23. The van der Waals surface area contributed by atoms with E-state index in [2.05, 4.69) is 27.9 Å². The summed E-state index contributed by atoms with van der Waals surface area (Å²) in [4.78, 5) is 10.3. The molecule has 2 aromatic rings. The number of benzene rings is 2. The fourth-order valence-electron chi connectivity index (χ4n) is 1.56. The van der Waals surface area contributed by atoms with E-state index < -0.39 is 4.92 Å². The molecule has 0 spiro atoms. The smallest absolute Gasteiger partial charge is 0.273 e. The zero-order valence-electron chi connectivity index (χ0n) is 9.56. The molecular weight excluding hydrogens is 381 g/mol. The second kappa shape index (κ2) is 5.62. The Balaban J connectivity index is 2.35. The maximum absolute atomic E-state index is 10.8. The fourth-order valence-corrected chi connectivity index (χ4v) is 2.46. The molecule has 0 heterocycles. The Labute approximate surface area is 128 Å². The Morgan fingerprint density at radius 1 is 1.26 bits per heavy atom. The van der Waals surface area contributed by atoms with E-state index in [0.29, 0.717) is 22.1 Å². The van der Waals surface area contributed by atoms with E-state index >= 15 is 0 Å². The summed E-state index contributed by atoms with van der Waals surface area (Å²) in [7, 11) is 0. The molecular formula is C12H9ClIN3O2. The van der Waals surface area contributed by atoms with Gasteiger partial charge in [-0.15, -0.1) is 0 Å². The Kier molecular flexibility index (Phi) is 4.11. The minimum atomic E-state index is -0.489. The molecule has 0 aliphatic carbocycles. The maximum Gasteiger partial charge on any atom is 0.273 e. The number of anilines is 3. The highest BCUT2D eigenvalue weighted by molar-refractivity contribution is 14.1. The number of hydrogen-bond donors (Lipinski definition) is 2. The summed E-state index contributed by atoms with van der Waals surface area (Å²) in [6, 6.07) is 9.81. The van der Waals surface area contributed by atoms with Gasteiger partial charge in [-0.05, 0) is 46.9 Å². The van der Waals surface area contributed by atoms with Crippen LogP contribution < -0.4 is 11.1 Å². The van der Waals surface area contributed by atoms with Crippen LogP contribution >= 0.6 is 34.2 Å². The quantitative estimate of drug-likeness (QED) is 0.357. The van der Waals surface area contributed by atoms with Crippen LogP contribution in [0.3, 0.4) is 0 Å². The van der Waals surface area contributed by atoms with Crippen LogP contribution in [0.1, 0.15) is 0 Å². The molecule has 0 radical (unpaired) electrons. The minimum absolute atomic E-state index is 0.0656. The van der Waals surface area contributed by atoms with Gasteiger partial charge >= 0.3 is 0 Å². The van der Waals surface area contributed by atoms with E-state index in [1.807, 2.05) is 6.07 Å². The van der Waals surface area contributed by atoms with Crippen molar-refractivity contribution in [3.8, 4) is 0 Å². The largest absolute Gasteiger partial charge is 0.398 e. The molecule has 0 aromatic heterocycles. The summed E-state index contributed by atoms with van der Waals surface area (Å²) >= 11 is 8.24. The number of non-ortho nitro benzene ring substituents is 1. The van der Waals surface area contributed by atoms with Crippen molar-refractivity contribution in [3.05, 3.63) is 55.1 Å². The normalized spacial score (nSPS) is 10.2. The first-order chi connectivity index (χ1) is 8.95. The number of nitrogen functional groups attached to an aromatic ring is 1. The second-order valence-electron chi connectivity index (χ2n) is 3.82. The molecule has 5 nitrogen and oxygen atoms in total. The van der Waals surface area contributed by atoms with Crippen LogP contribution in [0.25, 0.3) is 0 Å². The third-order valence-electron chi connectivity index (χ3n) is 2.36. The van der Waals surface area contributed by atoms with Crippen molar-refractivity contribution in [2.75, 3.05) is 11.1 Å². The van der Waals surface area contributed by atoms with E-state index in [1.165, 1.54) is 12.1 Å².